The van der Waals surface area contributed by atoms with E-state index in [4.69, 9.17) is 13.7 Å². The van der Waals surface area contributed by atoms with E-state index in [2.05, 4.69) is 0 Å². The molecular formula is C12H16O5S. The van der Waals surface area contributed by atoms with E-state index in [-0.39, 0.29) is 24.4 Å². The van der Waals surface area contributed by atoms with Crippen LogP contribution >= 0.6 is 0 Å². The molecule has 0 spiro atoms. The fraction of sp³-hybridized carbons (Fsp3) is 0.500. The molecule has 0 bridgehead atoms. The van der Waals surface area contributed by atoms with E-state index in [0.717, 1.165) is 5.56 Å². The number of hydrogen-bond acceptors (Lipinski definition) is 5. The van der Waals surface area contributed by atoms with Crippen molar-refractivity contribution in [2.75, 3.05) is 20.0 Å². The largest absolute Gasteiger partial charge is 0.355 e. The molecule has 0 aliphatic carbocycles. The van der Waals surface area contributed by atoms with Gasteiger partial charge in [0.2, 0.25) is 0 Å². The minimum atomic E-state index is -3.70. The van der Waals surface area contributed by atoms with E-state index < -0.39 is 10.1 Å². The molecule has 0 aromatic heterocycles. The lowest BCUT2D eigenvalue weighted by Crippen LogP contribution is -2.29. The molecule has 0 saturated carbocycles. The minimum absolute atomic E-state index is 0.0274. The second-order valence-electron chi connectivity index (χ2n) is 4.16. The van der Waals surface area contributed by atoms with Gasteiger partial charge >= 0.3 is 0 Å². The van der Waals surface area contributed by atoms with Crippen LogP contribution in [0.4, 0.5) is 0 Å². The average molecular weight is 272 g/mol. The molecule has 2 rings (SSSR count). The Balaban J connectivity index is 1.96. The smallest absolute Gasteiger partial charge is 0.297 e. The summed E-state index contributed by atoms with van der Waals surface area (Å²) in [5.74, 6) is 0. The summed E-state index contributed by atoms with van der Waals surface area (Å²) >= 11 is 0. The van der Waals surface area contributed by atoms with Gasteiger partial charge in [-0.15, -0.1) is 0 Å². The Bertz CT molecular complexity index is 474. The Labute approximate surface area is 107 Å². The summed E-state index contributed by atoms with van der Waals surface area (Å²) in [7, 11) is -3.70. The van der Waals surface area contributed by atoms with E-state index in [1.165, 1.54) is 12.1 Å². The molecule has 1 aromatic carbocycles. The van der Waals surface area contributed by atoms with Gasteiger partial charge in [0, 0.05) is 0 Å². The van der Waals surface area contributed by atoms with Crippen molar-refractivity contribution in [2.45, 2.75) is 24.3 Å². The lowest BCUT2D eigenvalue weighted by atomic mass is 10.2. The van der Waals surface area contributed by atoms with Crippen LogP contribution in [0, 0.1) is 6.92 Å². The van der Waals surface area contributed by atoms with Crippen LogP contribution in [0.25, 0.3) is 0 Å². The fourth-order valence-electron chi connectivity index (χ4n) is 1.57. The van der Waals surface area contributed by atoms with Gasteiger partial charge < -0.3 is 9.47 Å². The zero-order valence-electron chi connectivity index (χ0n) is 10.2. The lowest BCUT2D eigenvalue weighted by Gasteiger charge is -2.22. The quantitative estimate of drug-likeness (QED) is 0.777. The SMILES string of the molecule is Cc1ccc(S(=O)(=O)OCC2CCOCO2)cc1. The highest BCUT2D eigenvalue weighted by atomic mass is 32.2. The van der Waals surface area contributed by atoms with Crippen LogP contribution in [0.3, 0.4) is 0 Å². The third-order valence-corrected chi connectivity index (χ3v) is 3.99. The zero-order valence-corrected chi connectivity index (χ0v) is 11.0. The van der Waals surface area contributed by atoms with Crippen LogP contribution in [0.2, 0.25) is 0 Å². The molecule has 1 aliphatic rings. The van der Waals surface area contributed by atoms with Crippen molar-refractivity contribution in [2.24, 2.45) is 0 Å². The van der Waals surface area contributed by atoms with Crippen molar-refractivity contribution >= 4 is 10.1 Å². The normalized spacial score (nSPS) is 20.8. The number of rotatable bonds is 4. The molecular weight excluding hydrogens is 256 g/mol. The maximum Gasteiger partial charge on any atom is 0.297 e. The van der Waals surface area contributed by atoms with Crippen LogP contribution in [-0.4, -0.2) is 34.5 Å². The highest BCUT2D eigenvalue weighted by Crippen LogP contribution is 2.15. The molecule has 6 heteroatoms. The van der Waals surface area contributed by atoms with Gasteiger partial charge in [-0.1, -0.05) is 17.7 Å². The van der Waals surface area contributed by atoms with Gasteiger partial charge in [0.1, 0.15) is 6.79 Å². The number of hydrogen-bond donors (Lipinski definition) is 0. The average Bonchev–Trinajstić information content (AvgIpc) is 2.38. The predicted octanol–water partition coefficient (Wildman–Crippen LogP) is 1.46. The van der Waals surface area contributed by atoms with Crippen molar-refractivity contribution in [3.05, 3.63) is 29.8 Å². The standard InChI is InChI=1S/C12H16O5S/c1-10-2-4-12(5-3-10)18(13,14)17-8-11-6-7-15-9-16-11/h2-5,11H,6-9H2,1H3. The summed E-state index contributed by atoms with van der Waals surface area (Å²) in [6, 6.07) is 6.55. The van der Waals surface area contributed by atoms with Gasteiger partial charge in [0.25, 0.3) is 10.1 Å². The second-order valence-corrected chi connectivity index (χ2v) is 5.77. The summed E-state index contributed by atoms with van der Waals surface area (Å²) < 4.78 is 39.0. The van der Waals surface area contributed by atoms with Crippen LogP contribution in [-0.2, 0) is 23.8 Å². The molecule has 1 fully saturated rings. The first-order valence-corrected chi connectivity index (χ1v) is 7.14. The fourth-order valence-corrected chi connectivity index (χ4v) is 2.51. The van der Waals surface area contributed by atoms with E-state index in [1.807, 2.05) is 6.92 Å². The number of aryl methyl sites for hydroxylation is 1. The maximum absolute atomic E-state index is 11.9. The summed E-state index contributed by atoms with van der Waals surface area (Å²) in [4.78, 5) is 0.167. The molecule has 0 N–H and O–H groups in total. The van der Waals surface area contributed by atoms with Gasteiger partial charge in [-0.2, -0.15) is 8.42 Å². The molecule has 1 unspecified atom stereocenters. The second kappa shape index (κ2) is 5.79. The highest BCUT2D eigenvalue weighted by Gasteiger charge is 2.20. The molecule has 1 heterocycles. The van der Waals surface area contributed by atoms with Crippen molar-refractivity contribution in [1.29, 1.82) is 0 Å². The van der Waals surface area contributed by atoms with Gasteiger partial charge in [-0.05, 0) is 25.5 Å². The van der Waals surface area contributed by atoms with Gasteiger partial charge in [0.05, 0.1) is 24.2 Å². The lowest BCUT2D eigenvalue weighted by molar-refractivity contribution is -0.147. The van der Waals surface area contributed by atoms with Gasteiger partial charge in [0.15, 0.2) is 0 Å². The molecule has 0 radical (unpaired) electrons. The summed E-state index contributed by atoms with van der Waals surface area (Å²) in [6.07, 6.45) is 0.419. The summed E-state index contributed by atoms with van der Waals surface area (Å²) in [5, 5.41) is 0. The Morgan fingerprint density at radius 3 is 2.67 bits per heavy atom. The molecule has 1 saturated heterocycles. The molecule has 1 atom stereocenters. The summed E-state index contributed by atoms with van der Waals surface area (Å²) in [5.41, 5.74) is 1.00. The molecule has 18 heavy (non-hydrogen) atoms. The third kappa shape index (κ3) is 3.52. The Hall–Kier alpha value is -0.950. The van der Waals surface area contributed by atoms with Crippen LogP contribution in [0.5, 0.6) is 0 Å². The molecule has 5 nitrogen and oxygen atoms in total. The van der Waals surface area contributed by atoms with E-state index >= 15 is 0 Å². The topological polar surface area (TPSA) is 61.8 Å². The van der Waals surface area contributed by atoms with E-state index in [0.29, 0.717) is 13.0 Å². The molecule has 1 aliphatic heterocycles. The first kappa shape index (κ1) is 13.5. The monoisotopic (exact) mass is 272 g/mol. The van der Waals surface area contributed by atoms with Crippen molar-refractivity contribution in [3.8, 4) is 0 Å². The van der Waals surface area contributed by atoms with Crippen LogP contribution in [0.15, 0.2) is 29.2 Å². The molecule has 100 valence electrons. The van der Waals surface area contributed by atoms with Gasteiger partial charge in [-0.25, -0.2) is 0 Å². The van der Waals surface area contributed by atoms with Crippen LogP contribution < -0.4 is 0 Å². The minimum Gasteiger partial charge on any atom is -0.355 e. The van der Waals surface area contributed by atoms with E-state index in [9.17, 15) is 8.42 Å². The maximum atomic E-state index is 11.9. The Kier molecular flexibility index (Phi) is 4.34. The first-order chi connectivity index (χ1) is 8.58. The summed E-state index contributed by atoms with van der Waals surface area (Å²) in [6.45, 7) is 2.68. The number of benzene rings is 1. The van der Waals surface area contributed by atoms with E-state index in [1.54, 1.807) is 12.1 Å². The Morgan fingerprint density at radius 2 is 2.06 bits per heavy atom. The molecule has 0 amide bonds. The predicted molar refractivity (Wildman–Crippen MR) is 64.6 cm³/mol. The zero-order chi connectivity index (χ0) is 13.0. The highest BCUT2D eigenvalue weighted by molar-refractivity contribution is 7.86. The Morgan fingerprint density at radius 1 is 1.33 bits per heavy atom. The van der Waals surface area contributed by atoms with Crippen LogP contribution in [0.1, 0.15) is 12.0 Å². The van der Waals surface area contributed by atoms with Crippen molar-refractivity contribution in [3.63, 3.8) is 0 Å². The third-order valence-electron chi connectivity index (χ3n) is 2.69. The van der Waals surface area contributed by atoms with Crippen molar-refractivity contribution in [1.82, 2.24) is 0 Å². The molecule has 1 aromatic rings. The number of ether oxygens (including phenoxy) is 2. The first-order valence-electron chi connectivity index (χ1n) is 5.73. The van der Waals surface area contributed by atoms with Gasteiger partial charge in [-0.3, -0.25) is 4.18 Å². The van der Waals surface area contributed by atoms with Crippen molar-refractivity contribution < 1.29 is 22.1 Å².